The number of allylic oxidation sites excluding steroid dienone is 1. The first-order valence-corrected chi connectivity index (χ1v) is 13.8. The summed E-state index contributed by atoms with van der Waals surface area (Å²) in [5.41, 5.74) is 0. The maximum atomic E-state index is 12.8. The molecule has 162 valence electrons. The fourth-order valence-electron chi connectivity index (χ4n) is 3.84. The van der Waals surface area contributed by atoms with Crippen LogP contribution >= 0.6 is 0 Å². The zero-order valence-electron chi connectivity index (χ0n) is 19.0. The van der Waals surface area contributed by atoms with Crippen LogP contribution in [0.1, 0.15) is 78.6 Å². The van der Waals surface area contributed by atoms with Gasteiger partial charge in [0.15, 0.2) is 8.32 Å². The summed E-state index contributed by atoms with van der Waals surface area (Å²) in [5, 5.41) is 0.150. The minimum absolute atomic E-state index is 0.0673. The molecule has 0 aromatic carbocycles. The van der Waals surface area contributed by atoms with Gasteiger partial charge in [0, 0.05) is 18.8 Å². The number of rotatable bonds is 12. The van der Waals surface area contributed by atoms with Crippen LogP contribution in [0.25, 0.3) is 0 Å². The average molecular weight is 411 g/mol. The van der Waals surface area contributed by atoms with E-state index >= 15 is 0 Å². The number of esters is 1. The third-order valence-corrected chi connectivity index (χ3v) is 11.1. The van der Waals surface area contributed by atoms with Gasteiger partial charge in [-0.25, -0.2) is 0 Å². The first kappa shape index (κ1) is 25.1. The molecule has 0 bridgehead atoms. The number of hydrogen-bond donors (Lipinski definition) is 0. The van der Waals surface area contributed by atoms with E-state index in [4.69, 9.17) is 4.43 Å². The van der Waals surface area contributed by atoms with Crippen molar-refractivity contribution in [3.63, 3.8) is 0 Å². The summed E-state index contributed by atoms with van der Waals surface area (Å²) in [7, 11) is -0.465. The molecule has 4 nitrogen and oxygen atoms in total. The van der Waals surface area contributed by atoms with Crippen molar-refractivity contribution >= 4 is 20.1 Å². The molecule has 1 saturated carbocycles. The second kappa shape index (κ2) is 11.3. The van der Waals surface area contributed by atoms with E-state index in [0.717, 1.165) is 44.9 Å². The molecule has 0 radical (unpaired) electrons. The number of hydrogen-bond acceptors (Lipinski definition) is 4. The molecule has 0 amide bonds. The fourth-order valence-corrected chi connectivity index (χ4v) is 5.21. The molecule has 0 N–H and O–H groups in total. The standard InChI is InChI=1S/C23H42O4Si/c1-8-9-14-19-18(15-12-10-11-13-16-22(25)26-5)20(24)17-21(19)27-28(6,7)23(2,3)4/h8,18-19,21H,1,9-17H2,2-7H3/t18-,19-,21-/m1/s1. The van der Waals surface area contributed by atoms with Gasteiger partial charge in [0.1, 0.15) is 5.78 Å². The number of ether oxygens (including phenoxy) is 1. The molecular weight excluding hydrogens is 368 g/mol. The van der Waals surface area contributed by atoms with Crippen molar-refractivity contribution in [2.24, 2.45) is 11.8 Å². The highest BCUT2D eigenvalue weighted by atomic mass is 28.4. The van der Waals surface area contributed by atoms with E-state index in [2.05, 4.69) is 45.2 Å². The SMILES string of the molecule is C=CCC[C@H]1[C@H](O[Si](C)(C)C(C)(C)C)CC(=O)[C@@H]1CCCCCCC(=O)OC. The van der Waals surface area contributed by atoms with Crippen LogP contribution in [0.3, 0.4) is 0 Å². The second-order valence-corrected chi connectivity index (χ2v) is 14.5. The fraction of sp³-hybridized carbons (Fsp3) is 0.826. The summed E-state index contributed by atoms with van der Waals surface area (Å²) in [6, 6.07) is 0. The van der Waals surface area contributed by atoms with Crippen LogP contribution < -0.4 is 0 Å². The average Bonchev–Trinajstić information content (AvgIpc) is 2.88. The van der Waals surface area contributed by atoms with Gasteiger partial charge in [0.2, 0.25) is 0 Å². The van der Waals surface area contributed by atoms with Crippen LogP contribution in [0.5, 0.6) is 0 Å². The molecular formula is C23H42O4Si. The number of methoxy groups -OCH3 is 1. The third kappa shape index (κ3) is 7.47. The zero-order chi connectivity index (χ0) is 21.4. The smallest absolute Gasteiger partial charge is 0.305 e. The van der Waals surface area contributed by atoms with Crippen molar-refractivity contribution in [1.29, 1.82) is 0 Å². The Bertz CT molecular complexity index is 521. The Hall–Kier alpha value is -0.943. The van der Waals surface area contributed by atoms with Crippen LogP contribution in [0.4, 0.5) is 0 Å². The van der Waals surface area contributed by atoms with Crippen molar-refractivity contribution in [2.45, 2.75) is 103 Å². The number of ketones is 1. The largest absolute Gasteiger partial charge is 0.469 e. The van der Waals surface area contributed by atoms with E-state index in [9.17, 15) is 9.59 Å². The van der Waals surface area contributed by atoms with Crippen molar-refractivity contribution in [1.82, 2.24) is 0 Å². The van der Waals surface area contributed by atoms with Gasteiger partial charge in [0.05, 0.1) is 13.2 Å². The molecule has 1 rings (SSSR count). The third-order valence-electron chi connectivity index (χ3n) is 6.64. The molecule has 28 heavy (non-hydrogen) atoms. The van der Waals surface area contributed by atoms with E-state index in [-0.39, 0.29) is 23.0 Å². The van der Waals surface area contributed by atoms with E-state index in [1.54, 1.807) is 0 Å². The molecule has 0 heterocycles. The predicted molar refractivity (Wildman–Crippen MR) is 118 cm³/mol. The first-order chi connectivity index (χ1) is 13.0. The Kier molecular flexibility index (Phi) is 10.1. The van der Waals surface area contributed by atoms with Crippen LogP contribution in [0.15, 0.2) is 12.7 Å². The molecule has 5 heteroatoms. The van der Waals surface area contributed by atoms with Gasteiger partial charge in [-0.2, -0.15) is 0 Å². The Labute approximate surface area is 173 Å². The predicted octanol–water partition coefficient (Wildman–Crippen LogP) is 6.06. The molecule has 0 saturated heterocycles. The summed E-state index contributed by atoms with van der Waals surface area (Å²) < 4.78 is 11.4. The van der Waals surface area contributed by atoms with E-state index in [1.165, 1.54) is 7.11 Å². The number of carbonyl (C=O) groups excluding carboxylic acids is 2. The summed E-state index contributed by atoms with van der Waals surface area (Å²) in [6.45, 7) is 15.2. The van der Waals surface area contributed by atoms with Crippen molar-refractivity contribution in [3.8, 4) is 0 Å². The van der Waals surface area contributed by atoms with Crippen LogP contribution in [0, 0.1) is 11.8 Å². The lowest BCUT2D eigenvalue weighted by molar-refractivity contribution is -0.140. The Morgan fingerprint density at radius 1 is 1.18 bits per heavy atom. The van der Waals surface area contributed by atoms with Gasteiger partial charge in [-0.3, -0.25) is 9.59 Å². The number of unbranched alkanes of at least 4 members (excludes halogenated alkanes) is 3. The molecule has 1 aliphatic rings. The monoisotopic (exact) mass is 410 g/mol. The maximum absolute atomic E-state index is 12.8. The van der Waals surface area contributed by atoms with E-state index in [1.807, 2.05) is 6.08 Å². The normalized spacial score (nSPS) is 23.1. The lowest BCUT2D eigenvalue weighted by atomic mass is 9.86. The highest BCUT2D eigenvalue weighted by Crippen LogP contribution is 2.44. The summed E-state index contributed by atoms with van der Waals surface area (Å²) >= 11 is 0. The van der Waals surface area contributed by atoms with Crippen molar-refractivity contribution < 1.29 is 18.8 Å². The first-order valence-electron chi connectivity index (χ1n) is 10.9. The van der Waals surface area contributed by atoms with Crippen LogP contribution in [-0.4, -0.2) is 33.3 Å². The minimum atomic E-state index is -1.90. The summed E-state index contributed by atoms with van der Waals surface area (Å²) in [6.07, 6.45) is 9.92. The summed E-state index contributed by atoms with van der Waals surface area (Å²) in [5.74, 6) is 0.679. The number of carbonyl (C=O) groups is 2. The van der Waals surface area contributed by atoms with Crippen molar-refractivity contribution in [2.75, 3.05) is 7.11 Å². The Morgan fingerprint density at radius 2 is 1.82 bits per heavy atom. The maximum Gasteiger partial charge on any atom is 0.305 e. The van der Waals surface area contributed by atoms with Crippen molar-refractivity contribution in [3.05, 3.63) is 12.7 Å². The lowest BCUT2D eigenvalue weighted by Crippen LogP contribution is -2.45. The lowest BCUT2D eigenvalue weighted by Gasteiger charge is -2.40. The second-order valence-electron chi connectivity index (χ2n) is 9.75. The Balaban J connectivity index is 2.62. The van der Waals surface area contributed by atoms with Crippen LogP contribution in [-0.2, 0) is 18.8 Å². The highest BCUT2D eigenvalue weighted by Gasteiger charge is 2.47. The molecule has 1 aliphatic carbocycles. The molecule has 0 aliphatic heterocycles. The van der Waals surface area contributed by atoms with E-state index in [0.29, 0.717) is 24.5 Å². The van der Waals surface area contributed by atoms with Gasteiger partial charge in [-0.1, -0.05) is 46.1 Å². The minimum Gasteiger partial charge on any atom is -0.469 e. The molecule has 0 aromatic heterocycles. The summed E-state index contributed by atoms with van der Waals surface area (Å²) in [4.78, 5) is 24.0. The molecule has 0 aromatic rings. The molecule has 0 unspecified atom stereocenters. The Morgan fingerprint density at radius 3 is 2.39 bits per heavy atom. The van der Waals surface area contributed by atoms with Gasteiger partial charge in [0.25, 0.3) is 0 Å². The highest BCUT2D eigenvalue weighted by molar-refractivity contribution is 6.74. The topological polar surface area (TPSA) is 52.6 Å². The van der Waals surface area contributed by atoms with Crippen LogP contribution in [0.2, 0.25) is 18.1 Å². The molecule has 3 atom stereocenters. The quantitative estimate of drug-likeness (QED) is 0.170. The van der Waals surface area contributed by atoms with Gasteiger partial charge < -0.3 is 9.16 Å². The molecule has 1 fully saturated rings. The van der Waals surface area contributed by atoms with E-state index < -0.39 is 8.32 Å². The molecule has 0 spiro atoms. The number of Topliss-reactive ketones (excluding diaryl/α,β-unsaturated/α-hetero) is 1. The zero-order valence-corrected chi connectivity index (χ0v) is 20.0. The van der Waals surface area contributed by atoms with Gasteiger partial charge in [-0.15, -0.1) is 6.58 Å². The van der Waals surface area contributed by atoms with Gasteiger partial charge >= 0.3 is 5.97 Å². The van der Waals surface area contributed by atoms with Gasteiger partial charge in [-0.05, 0) is 49.7 Å².